The second kappa shape index (κ2) is 5.23. The van der Waals surface area contributed by atoms with Gasteiger partial charge in [0, 0.05) is 23.9 Å². The van der Waals surface area contributed by atoms with Crippen LogP contribution in [0.2, 0.25) is 0 Å². The molecule has 0 bridgehead atoms. The van der Waals surface area contributed by atoms with Gasteiger partial charge in [-0.2, -0.15) is 0 Å². The van der Waals surface area contributed by atoms with Crippen molar-refractivity contribution in [3.8, 4) is 0 Å². The summed E-state index contributed by atoms with van der Waals surface area (Å²) in [6, 6.07) is 6.28. The lowest BCUT2D eigenvalue weighted by Gasteiger charge is -2.09. The first-order chi connectivity index (χ1) is 8.56. The molecule has 4 heteroatoms. The van der Waals surface area contributed by atoms with Crippen molar-refractivity contribution in [2.75, 3.05) is 0 Å². The van der Waals surface area contributed by atoms with Gasteiger partial charge in [0.25, 0.3) is 0 Å². The highest BCUT2D eigenvalue weighted by molar-refractivity contribution is 5.23. The van der Waals surface area contributed by atoms with Gasteiger partial charge in [-0.25, -0.2) is 14.4 Å². The third kappa shape index (κ3) is 2.90. The van der Waals surface area contributed by atoms with Crippen LogP contribution in [0.25, 0.3) is 0 Å². The summed E-state index contributed by atoms with van der Waals surface area (Å²) in [6.45, 7) is 3.53. The van der Waals surface area contributed by atoms with Gasteiger partial charge in [0.1, 0.15) is 11.6 Å². The van der Waals surface area contributed by atoms with Gasteiger partial charge in [-0.1, -0.05) is 12.1 Å². The zero-order valence-electron chi connectivity index (χ0n) is 10.4. The Morgan fingerprint density at radius 1 is 1.28 bits per heavy atom. The van der Waals surface area contributed by atoms with Crippen LogP contribution < -0.4 is 0 Å². The molecule has 3 nitrogen and oxygen atoms in total. The van der Waals surface area contributed by atoms with Crippen molar-refractivity contribution in [1.82, 2.24) is 9.97 Å². The number of nitrogens with zero attached hydrogens (tertiary/aromatic N) is 2. The quantitative estimate of drug-likeness (QED) is 0.905. The number of benzene rings is 1. The van der Waals surface area contributed by atoms with Crippen molar-refractivity contribution >= 4 is 0 Å². The lowest BCUT2D eigenvalue weighted by atomic mass is 10.1. The van der Waals surface area contributed by atoms with Crippen molar-refractivity contribution < 1.29 is 9.50 Å². The number of hydrogen-bond acceptors (Lipinski definition) is 3. The second-order valence-corrected chi connectivity index (χ2v) is 4.31. The summed E-state index contributed by atoms with van der Waals surface area (Å²) >= 11 is 0. The first-order valence-corrected chi connectivity index (χ1v) is 5.81. The van der Waals surface area contributed by atoms with Crippen molar-refractivity contribution in [3.63, 3.8) is 0 Å². The second-order valence-electron chi connectivity index (χ2n) is 4.31. The first kappa shape index (κ1) is 12.6. The minimum Gasteiger partial charge on any atom is -0.389 e. The van der Waals surface area contributed by atoms with Gasteiger partial charge in [-0.05, 0) is 31.5 Å². The Hall–Kier alpha value is -1.81. The number of aliphatic hydroxyl groups is 1. The highest BCUT2D eigenvalue weighted by atomic mass is 19.1. The zero-order valence-corrected chi connectivity index (χ0v) is 10.4. The summed E-state index contributed by atoms with van der Waals surface area (Å²) in [6.07, 6.45) is 1.64. The molecule has 94 valence electrons. The summed E-state index contributed by atoms with van der Waals surface area (Å²) in [4.78, 5) is 8.56. The zero-order chi connectivity index (χ0) is 13.1. The summed E-state index contributed by atoms with van der Waals surface area (Å²) in [5.41, 5.74) is 2.47. The Morgan fingerprint density at radius 2 is 1.94 bits per heavy atom. The van der Waals surface area contributed by atoms with Crippen LogP contribution in [0.5, 0.6) is 0 Å². The maximum Gasteiger partial charge on any atom is 0.132 e. The standard InChI is InChI=1S/C14H15FN2O/c1-9-13(10(2)18)8-16-14(17-9)7-11-3-5-12(15)6-4-11/h3-6,8,10,18H,7H2,1-2H3/t10-/m1/s1. The van der Waals surface area contributed by atoms with E-state index in [1.54, 1.807) is 25.3 Å². The van der Waals surface area contributed by atoms with Gasteiger partial charge >= 0.3 is 0 Å². The minimum atomic E-state index is -0.565. The summed E-state index contributed by atoms with van der Waals surface area (Å²) in [5, 5.41) is 9.49. The van der Waals surface area contributed by atoms with Gasteiger partial charge in [-0.3, -0.25) is 0 Å². The third-order valence-electron chi connectivity index (χ3n) is 2.79. The van der Waals surface area contributed by atoms with E-state index in [0.29, 0.717) is 12.2 Å². The topological polar surface area (TPSA) is 46.0 Å². The highest BCUT2D eigenvalue weighted by Crippen LogP contribution is 2.15. The van der Waals surface area contributed by atoms with E-state index in [1.165, 1.54) is 12.1 Å². The molecule has 0 unspecified atom stereocenters. The summed E-state index contributed by atoms with van der Waals surface area (Å²) in [7, 11) is 0. The molecule has 0 aliphatic carbocycles. The molecule has 2 rings (SSSR count). The average Bonchev–Trinajstić information content (AvgIpc) is 2.32. The number of aromatic nitrogens is 2. The van der Waals surface area contributed by atoms with Crippen LogP contribution in [0.3, 0.4) is 0 Å². The summed E-state index contributed by atoms with van der Waals surface area (Å²) < 4.78 is 12.8. The van der Waals surface area contributed by atoms with Crippen molar-refractivity contribution in [1.29, 1.82) is 0 Å². The van der Waals surface area contributed by atoms with Crippen LogP contribution in [-0.2, 0) is 6.42 Å². The lowest BCUT2D eigenvalue weighted by molar-refractivity contribution is 0.197. The van der Waals surface area contributed by atoms with Crippen molar-refractivity contribution in [2.45, 2.75) is 26.4 Å². The Balaban J connectivity index is 2.20. The van der Waals surface area contributed by atoms with Crippen molar-refractivity contribution in [3.05, 3.63) is 58.9 Å². The van der Waals surface area contributed by atoms with Crippen LogP contribution >= 0.6 is 0 Å². The van der Waals surface area contributed by atoms with Crippen LogP contribution in [0.15, 0.2) is 30.5 Å². The van der Waals surface area contributed by atoms with E-state index in [2.05, 4.69) is 9.97 Å². The van der Waals surface area contributed by atoms with Crippen LogP contribution in [0, 0.1) is 12.7 Å². The fraction of sp³-hybridized carbons (Fsp3) is 0.286. The molecule has 1 aromatic carbocycles. The van der Waals surface area contributed by atoms with E-state index in [9.17, 15) is 9.50 Å². The van der Waals surface area contributed by atoms with E-state index in [-0.39, 0.29) is 5.82 Å². The van der Waals surface area contributed by atoms with Crippen molar-refractivity contribution in [2.24, 2.45) is 0 Å². The van der Waals surface area contributed by atoms with E-state index < -0.39 is 6.10 Å². The smallest absolute Gasteiger partial charge is 0.132 e. The molecule has 1 heterocycles. The minimum absolute atomic E-state index is 0.250. The van der Waals surface area contributed by atoms with E-state index in [0.717, 1.165) is 16.8 Å². The summed E-state index contributed by atoms with van der Waals surface area (Å²) in [5.74, 6) is 0.420. The predicted molar refractivity (Wildman–Crippen MR) is 66.6 cm³/mol. The maximum atomic E-state index is 12.8. The Labute approximate surface area is 105 Å². The van der Waals surface area contributed by atoms with Crippen LogP contribution in [-0.4, -0.2) is 15.1 Å². The lowest BCUT2D eigenvalue weighted by Crippen LogP contribution is -2.04. The molecule has 0 aliphatic rings. The Kier molecular flexibility index (Phi) is 3.67. The van der Waals surface area contributed by atoms with Gasteiger partial charge in [0.15, 0.2) is 0 Å². The molecule has 0 amide bonds. The fourth-order valence-electron chi connectivity index (χ4n) is 1.80. The highest BCUT2D eigenvalue weighted by Gasteiger charge is 2.08. The van der Waals surface area contributed by atoms with E-state index >= 15 is 0 Å². The fourth-order valence-corrected chi connectivity index (χ4v) is 1.80. The average molecular weight is 246 g/mol. The molecular weight excluding hydrogens is 231 g/mol. The van der Waals surface area contributed by atoms with Crippen LogP contribution in [0.1, 0.15) is 35.7 Å². The predicted octanol–water partition coefficient (Wildman–Crippen LogP) is 2.57. The largest absolute Gasteiger partial charge is 0.389 e. The first-order valence-electron chi connectivity index (χ1n) is 5.81. The van der Waals surface area contributed by atoms with Gasteiger partial charge in [0.2, 0.25) is 0 Å². The SMILES string of the molecule is Cc1nc(Cc2ccc(F)cc2)ncc1[C@@H](C)O. The molecule has 1 atom stereocenters. The number of hydrogen-bond donors (Lipinski definition) is 1. The monoisotopic (exact) mass is 246 g/mol. The number of halogens is 1. The van der Waals surface area contributed by atoms with Gasteiger partial charge in [-0.15, -0.1) is 0 Å². The molecule has 1 aromatic heterocycles. The molecule has 0 saturated carbocycles. The number of rotatable bonds is 3. The Bertz CT molecular complexity index is 538. The maximum absolute atomic E-state index is 12.8. The molecule has 0 radical (unpaired) electrons. The molecule has 1 N–H and O–H groups in total. The molecule has 18 heavy (non-hydrogen) atoms. The molecule has 0 aliphatic heterocycles. The van der Waals surface area contributed by atoms with E-state index in [1.807, 2.05) is 6.92 Å². The van der Waals surface area contributed by atoms with E-state index in [4.69, 9.17) is 0 Å². The number of aryl methyl sites for hydroxylation is 1. The molecule has 0 fully saturated rings. The molecular formula is C14H15FN2O. The third-order valence-corrected chi connectivity index (χ3v) is 2.79. The number of aliphatic hydroxyl groups excluding tert-OH is 1. The normalized spacial score (nSPS) is 12.4. The van der Waals surface area contributed by atoms with Crippen LogP contribution in [0.4, 0.5) is 4.39 Å². The molecule has 0 saturated heterocycles. The molecule has 2 aromatic rings. The van der Waals surface area contributed by atoms with Gasteiger partial charge in [0.05, 0.1) is 6.10 Å². The Morgan fingerprint density at radius 3 is 2.50 bits per heavy atom. The molecule has 0 spiro atoms. The van der Waals surface area contributed by atoms with Gasteiger partial charge < -0.3 is 5.11 Å².